The van der Waals surface area contributed by atoms with Gasteiger partial charge in [-0.25, -0.2) is 0 Å². The predicted octanol–water partition coefficient (Wildman–Crippen LogP) is 3.67. The first kappa shape index (κ1) is 14.2. The number of H-pyrrole nitrogens is 1. The van der Waals surface area contributed by atoms with E-state index in [0.29, 0.717) is 5.56 Å². The molecule has 2 aromatic rings. The number of aromatic nitrogens is 1. The van der Waals surface area contributed by atoms with E-state index in [0.717, 1.165) is 22.8 Å². The Hall–Kier alpha value is -2.23. The predicted molar refractivity (Wildman–Crippen MR) is 80.4 cm³/mol. The summed E-state index contributed by atoms with van der Waals surface area (Å²) >= 11 is 0. The van der Waals surface area contributed by atoms with E-state index in [2.05, 4.69) is 10.3 Å². The Morgan fingerprint density at radius 2 is 1.85 bits per heavy atom. The molecule has 0 atom stereocenters. The van der Waals surface area contributed by atoms with Gasteiger partial charge in [-0.15, -0.1) is 0 Å². The molecule has 0 saturated carbocycles. The number of carbonyl (C=O) groups excluding carboxylic acids is 1. The molecule has 0 radical (unpaired) electrons. The van der Waals surface area contributed by atoms with Crippen LogP contribution in [0.5, 0.6) is 5.75 Å². The highest BCUT2D eigenvalue weighted by Crippen LogP contribution is 2.18. The maximum absolute atomic E-state index is 12.1. The fourth-order valence-corrected chi connectivity index (χ4v) is 2.05. The Bertz CT molecular complexity index is 597. The summed E-state index contributed by atoms with van der Waals surface area (Å²) in [6.45, 7) is 7.78. The maximum Gasteiger partial charge on any atom is 0.257 e. The number of rotatable bonds is 4. The molecule has 106 valence electrons. The standard InChI is InChI=1S/C16H20N2O2/c1-10(2)20-14-7-5-13(6-8-14)18-16(19)15-9-11(3)17-12(15)4/h5-10,17H,1-4H3,(H,18,19). The van der Waals surface area contributed by atoms with Crippen LogP contribution in [0.1, 0.15) is 35.6 Å². The van der Waals surface area contributed by atoms with E-state index in [9.17, 15) is 4.79 Å². The van der Waals surface area contributed by atoms with Crippen LogP contribution in [0, 0.1) is 13.8 Å². The highest BCUT2D eigenvalue weighted by atomic mass is 16.5. The summed E-state index contributed by atoms with van der Waals surface area (Å²) in [5.74, 6) is 0.691. The molecule has 4 heteroatoms. The van der Waals surface area contributed by atoms with Gasteiger partial charge in [0.05, 0.1) is 11.7 Å². The molecule has 0 aliphatic carbocycles. The lowest BCUT2D eigenvalue weighted by atomic mass is 10.2. The molecule has 1 aromatic carbocycles. The molecular formula is C16H20N2O2. The van der Waals surface area contributed by atoms with Gasteiger partial charge in [-0.3, -0.25) is 4.79 Å². The van der Waals surface area contributed by atoms with Crippen molar-refractivity contribution in [1.82, 2.24) is 4.98 Å². The number of carbonyl (C=O) groups is 1. The molecule has 0 fully saturated rings. The zero-order chi connectivity index (χ0) is 14.7. The number of nitrogens with one attached hydrogen (secondary N) is 2. The Balaban J connectivity index is 2.06. The molecule has 0 saturated heterocycles. The third kappa shape index (κ3) is 3.41. The molecule has 1 amide bonds. The number of benzene rings is 1. The van der Waals surface area contributed by atoms with Crippen molar-refractivity contribution in [3.05, 3.63) is 47.3 Å². The van der Waals surface area contributed by atoms with E-state index < -0.39 is 0 Å². The van der Waals surface area contributed by atoms with Gasteiger partial charge in [-0.1, -0.05) is 0 Å². The van der Waals surface area contributed by atoms with E-state index in [1.54, 1.807) is 0 Å². The first-order valence-corrected chi connectivity index (χ1v) is 6.70. The summed E-state index contributed by atoms with van der Waals surface area (Å²) in [6.07, 6.45) is 0.140. The first-order valence-electron chi connectivity index (χ1n) is 6.70. The van der Waals surface area contributed by atoms with Gasteiger partial charge in [0.25, 0.3) is 5.91 Å². The molecule has 0 bridgehead atoms. The van der Waals surface area contributed by atoms with Gasteiger partial charge in [0.1, 0.15) is 5.75 Å². The lowest BCUT2D eigenvalue weighted by molar-refractivity contribution is 0.102. The largest absolute Gasteiger partial charge is 0.491 e. The molecule has 1 heterocycles. The second-order valence-electron chi connectivity index (χ2n) is 5.14. The van der Waals surface area contributed by atoms with Crippen molar-refractivity contribution >= 4 is 11.6 Å². The minimum Gasteiger partial charge on any atom is -0.491 e. The number of ether oxygens (including phenoxy) is 1. The van der Waals surface area contributed by atoms with Crippen LogP contribution in [-0.2, 0) is 0 Å². The number of aryl methyl sites for hydroxylation is 2. The topological polar surface area (TPSA) is 54.1 Å². The molecule has 4 nitrogen and oxygen atoms in total. The van der Waals surface area contributed by atoms with Crippen LogP contribution in [-0.4, -0.2) is 17.0 Å². The van der Waals surface area contributed by atoms with Gasteiger partial charge in [0.15, 0.2) is 0 Å². The second kappa shape index (κ2) is 5.82. The van der Waals surface area contributed by atoms with Crippen LogP contribution in [0.15, 0.2) is 30.3 Å². The monoisotopic (exact) mass is 272 g/mol. The number of hydrogen-bond donors (Lipinski definition) is 2. The van der Waals surface area contributed by atoms with Crippen molar-refractivity contribution in [1.29, 1.82) is 0 Å². The molecular weight excluding hydrogens is 252 g/mol. The van der Waals surface area contributed by atoms with E-state index in [-0.39, 0.29) is 12.0 Å². The fourth-order valence-electron chi connectivity index (χ4n) is 2.05. The lowest BCUT2D eigenvalue weighted by Gasteiger charge is -2.10. The Labute approximate surface area is 119 Å². The summed E-state index contributed by atoms with van der Waals surface area (Å²) in [7, 11) is 0. The van der Waals surface area contributed by atoms with Crippen molar-refractivity contribution in [2.45, 2.75) is 33.8 Å². The minimum atomic E-state index is -0.107. The van der Waals surface area contributed by atoms with Gasteiger partial charge in [0, 0.05) is 17.1 Å². The molecule has 0 unspecified atom stereocenters. The third-order valence-electron chi connectivity index (χ3n) is 2.88. The summed E-state index contributed by atoms with van der Waals surface area (Å²) in [5.41, 5.74) is 3.28. The average molecular weight is 272 g/mol. The molecule has 0 spiro atoms. The van der Waals surface area contributed by atoms with E-state index in [1.807, 2.05) is 58.0 Å². The van der Waals surface area contributed by atoms with Crippen molar-refractivity contribution in [2.24, 2.45) is 0 Å². The average Bonchev–Trinajstić information content (AvgIpc) is 2.70. The number of amides is 1. The Morgan fingerprint density at radius 3 is 2.35 bits per heavy atom. The molecule has 2 rings (SSSR count). The van der Waals surface area contributed by atoms with Crippen LogP contribution in [0.3, 0.4) is 0 Å². The smallest absolute Gasteiger partial charge is 0.257 e. The van der Waals surface area contributed by atoms with Crippen LogP contribution < -0.4 is 10.1 Å². The maximum atomic E-state index is 12.1. The number of anilines is 1. The van der Waals surface area contributed by atoms with Crippen LogP contribution in [0.25, 0.3) is 0 Å². The molecule has 20 heavy (non-hydrogen) atoms. The molecule has 0 aliphatic rings. The summed E-state index contributed by atoms with van der Waals surface area (Å²) in [4.78, 5) is 15.3. The minimum absolute atomic E-state index is 0.107. The van der Waals surface area contributed by atoms with Crippen molar-refractivity contribution in [2.75, 3.05) is 5.32 Å². The summed E-state index contributed by atoms with van der Waals surface area (Å²) in [5, 5.41) is 2.88. The zero-order valence-corrected chi connectivity index (χ0v) is 12.3. The second-order valence-corrected chi connectivity index (χ2v) is 5.14. The third-order valence-corrected chi connectivity index (χ3v) is 2.88. The molecule has 0 aliphatic heterocycles. The van der Waals surface area contributed by atoms with Gasteiger partial charge in [-0.2, -0.15) is 0 Å². The number of aromatic amines is 1. The van der Waals surface area contributed by atoms with Crippen LogP contribution in [0.4, 0.5) is 5.69 Å². The van der Waals surface area contributed by atoms with Gasteiger partial charge >= 0.3 is 0 Å². The summed E-state index contributed by atoms with van der Waals surface area (Å²) < 4.78 is 5.56. The van der Waals surface area contributed by atoms with Crippen molar-refractivity contribution < 1.29 is 9.53 Å². The Kier molecular flexibility index (Phi) is 4.13. The highest BCUT2D eigenvalue weighted by molar-refractivity contribution is 6.05. The summed E-state index contributed by atoms with van der Waals surface area (Å²) in [6, 6.07) is 9.23. The first-order chi connectivity index (χ1) is 9.45. The Morgan fingerprint density at radius 1 is 1.20 bits per heavy atom. The van der Waals surface area contributed by atoms with Crippen LogP contribution in [0.2, 0.25) is 0 Å². The highest BCUT2D eigenvalue weighted by Gasteiger charge is 2.11. The SMILES string of the molecule is Cc1cc(C(=O)Nc2ccc(OC(C)C)cc2)c(C)[nH]1. The van der Waals surface area contributed by atoms with Gasteiger partial charge < -0.3 is 15.0 Å². The van der Waals surface area contributed by atoms with Crippen LogP contribution >= 0.6 is 0 Å². The number of hydrogen-bond acceptors (Lipinski definition) is 2. The van der Waals surface area contributed by atoms with E-state index in [4.69, 9.17) is 4.74 Å². The van der Waals surface area contributed by atoms with Crippen molar-refractivity contribution in [3.63, 3.8) is 0 Å². The van der Waals surface area contributed by atoms with E-state index in [1.165, 1.54) is 0 Å². The van der Waals surface area contributed by atoms with Gasteiger partial charge in [-0.05, 0) is 58.0 Å². The quantitative estimate of drug-likeness (QED) is 0.892. The van der Waals surface area contributed by atoms with E-state index >= 15 is 0 Å². The van der Waals surface area contributed by atoms with Gasteiger partial charge in [0.2, 0.25) is 0 Å². The normalized spacial score (nSPS) is 10.7. The lowest BCUT2D eigenvalue weighted by Crippen LogP contribution is -2.12. The molecule has 1 aromatic heterocycles. The fraction of sp³-hybridized carbons (Fsp3) is 0.312. The zero-order valence-electron chi connectivity index (χ0n) is 12.3. The molecule has 2 N–H and O–H groups in total. The van der Waals surface area contributed by atoms with Crippen molar-refractivity contribution in [3.8, 4) is 5.75 Å².